The lowest BCUT2D eigenvalue weighted by Crippen LogP contribution is -2.33. The van der Waals surface area contributed by atoms with Crippen LogP contribution in [0.3, 0.4) is 0 Å². The summed E-state index contributed by atoms with van der Waals surface area (Å²) in [6, 6.07) is 5.68. The van der Waals surface area contributed by atoms with Gasteiger partial charge in [-0.15, -0.1) is 0 Å². The number of rotatable bonds is 8. The van der Waals surface area contributed by atoms with E-state index in [0.717, 1.165) is 18.4 Å². The van der Waals surface area contributed by atoms with Gasteiger partial charge in [0.25, 0.3) is 0 Å². The fraction of sp³-hybridized carbons (Fsp3) is 0.444. The first kappa shape index (κ1) is 17.8. The zero-order valence-electron chi connectivity index (χ0n) is 14.3. The Morgan fingerprint density at radius 3 is 2.46 bits per heavy atom. The largest absolute Gasteiger partial charge is 0.493 e. The quantitative estimate of drug-likeness (QED) is 0.539. The van der Waals surface area contributed by atoms with Crippen LogP contribution in [0.1, 0.15) is 24.8 Å². The Bertz CT molecular complexity index is 622. The molecule has 0 aliphatic heterocycles. The van der Waals surface area contributed by atoms with Gasteiger partial charge in [-0.1, -0.05) is 6.07 Å². The molecule has 2 rings (SSSR count). The Hall–Kier alpha value is -2.50. The molecule has 1 saturated carbocycles. The fourth-order valence-electron chi connectivity index (χ4n) is 2.39. The van der Waals surface area contributed by atoms with Crippen LogP contribution < -0.4 is 9.47 Å². The maximum absolute atomic E-state index is 12.4. The second-order valence-corrected chi connectivity index (χ2v) is 5.54. The van der Waals surface area contributed by atoms with Crippen LogP contribution in [0.15, 0.2) is 24.3 Å². The van der Waals surface area contributed by atoms with Crippen LogP contribution in [0.25, 0.3) is 6.08 Å². The Morgan fingerprint density at radius 2 is 1.88 bits per heavy atom. The van der Waals surface area contributed by atoms with Gasteiger partial charge in [0.2, 0.25) is 5.91 Å². The standard InChI is InChI=1S/C18H23NO5/c1-22-15-8-4-13(12-16(15)23-2)5-9-17(20)19(14-6-7-14)11-10-18(21)24-3/h4-5,8-9,12,14H,6-7,10-11H2,1-3H3/b9-5+. The number of hydrogen-bond acceptors (Lipinski definition) is 5. The monoisotopic (exact) mass is 333 g/mol. The topological polar surface area (TPSA) is 65.1 Å². The van der Waals surface area contributed by atoms with Gasteiger partial charge in [-0.3, -0.25) is 9.59 Å². The van der Waals surface area contributed by atoms with E-state index in [4.69, 9.17) is 9.47 Å². The van der Waals surface area contributed by atoms with E-state index in [1.54, 1.807) is 37.3 Å². The third-order valence-corrected chi connectivity index (χ3v) is 3.88. The second kappa shape index (κ2) is 8.38. The Balaban J connectivity index is 2.03. The van der Waals surface area contributed by atoms with E-state index in [1.807, 2.05) is 6.07 Å². The number of esters is 1. The first-order chi connectivity index (χ1) is 11.6. The fourth-order valence-corrected chi connectivity index (χ4v) is 2.39. The van der Waals surface area contributed by atoms with Crippen molar-refractivity contribution < 1.29 is 23.8 Å². The number of ether oxygens (including phenoxy) is 3. The zero-order valence-corrected chi connectivity index (χ0v) is 14.3. The molecule has 0 spiro atoms. The average Bonchev–Trinajstić information content (AvgIpc) is 3.44. The van der Waals surface area contributed by atoms with Crippen molar-refractivity contribution in [3.8, 4) is 11.5 Å². The van der Waals surface area contributed by atoms with Gasteiger partial charge in [0.1, 0.15) is 0 Å². The van der Waals surface area contributed by atoms with Crippen LogP contribution in [0.5, 0.6) is 11.5 Å². The van der Waals surface area contributed by atoms with Crippen molar-refractivity contribution in [2.75, 3.05) is 27.9 Å². The SMILES string of the molecule is COC(=O)CCN(C(=O)/C=C/c1ccc(OC)c(OC)c1)C1CC1. The van der Waals surface area contributed by atoms with E-state index in [2.05, 4.69) is 4.74 Å². The Morgan fingerprint density at radius 1 is 1.17 bits per heavy atom. The maximum Gasteiger partial charge on any atom is 0.307 e. The summed E-state index contributed by atoms with van der Waals surface area (Å²) in [7, 11) is 4.49. The predicted octanol–water partition coefficient (Wildman–Crippen LogP) is 2.27. The van der Waals surface area contributed by atoms with Crippen LogP contribution in [0.4, 0.5) is 0 Å². The van der Waals surface area contributed by atoms with Gasteiger partial charge in [0, 0.05) is 18.7 Å². The highest BCUT2D eigenvalue weighted by molar-refractivity contribution is 5.92. The smallest absolute Gasteiger partial charge is 0.307 e. The molecule has 0 saturated heterocycles. The van der Waals surface area contributed by atoms with E-state index in [-0.39, 0.29) is 24.3 Å². The Kier molecular flexibility index (Phi) is 6.23. The summed E-state index contributed by atoms with van der Waals surface area (Å²) >= 11 is 0. The molecule has 0 atom stereocenters. The summed E-state index contributed by atoms with van der Waals surface area (Å²) in [5.74, 6) is 0.837. The molecule has 1 fully saturated rings. The third kappa shape index (κ3) is 4.75. The molecule has 1 aromatic carbocycles. The highest BCUT2D eigenvalue weighted by Crippen LogP contribution is 2.29. The summed E-state index contributed by atoms with van der Waals surface area (Å²) in [5, 5.41) is 0. The maximum atomic E-state index is 12.4. The predicted molar refractivity (Wildman–Crippen MR) is 89.9 cm³/mol. The van der Waals surface area contributed by atoms with Crippen molar-refractivity contribution >= 4 is 18.0 Å². The van der Waals surface area contributed by atoms with Crippen molar-refractivity contribution in [2.24, 2.45) is 0 Å². The lowest BCUT2D eigenvalue weighted by molar-refractivity contribution is -0.141. The normalized spacial score (nSPS) is 13.6. The van der Waals surface area contributed by atoms with Crippen molar-refractivity contribution in [1.82, 2.24) is 4.90 Å². The van der Waals surface area contributed by atoms with E-state index in [0.29, 0.717) is 18.0 Å². The van der Waals surface area contributed by atoms with Crippen molar-refractivity contribution in [1.29, 1.82) is 0 Å². The molecule has 0 aromatic heterocycles. The molecule has 0 unspecified atom stereocenters. The number of amides is 1. The van der Waals surface area contributed by atoms with Crippen LogP contribution >= 0.6 is 0 Å². The molecule has 0 heterocycles. The summed E-state index contributed by atoms with van der Waals surface area (Å²) in [4.78, 5) is 25.4. The lowest BCUT2D eigenvalue weighted by atomic mass is 10.2. The molecule has 1 aliphatic rings. The number of nitrogens with zero attached hydrogens (tertiary/aromatic N) is 1. The molecule has 1 aliphatic carbocycles. The van der Waals surface area contributed by atoms with Gasteiger partial charge in [0.15, 0.2) is 11.5 Å². The van der Waals surface area contributed by atoms with Gasteiger partial charge in [-0.25, -0.2) is 0 Å². The minimum atomic E-state index is -0.308. The number of methoxy groups -OCH3 is 3. The van der Waals surface area contributed by atoms with E-state index < -0.39 is 0 Å². The Labute approximate surface area is 142 Å². The van der Waals surface area contributed by atoms with Crippen molar-refractivity contribution in [3.05, 3.63) is 29.8 Å². The van der Waals surface area contributed by atoms with Crippen molar-refractivity contribution in [2.45, 2.75) is 25.3 Å². The highest BCUT2D eigenvalue weighted by Gasteiger charge is 2.31. The minimum Gasteiger partial charge on any atom is -0.493 e. The molecule has 6 heteroatoms. The van der Waals surface area contributed by atoms with Gasteiger partial charge >= 0.3 is 5.97 Å². The molecule has 130 valence electrons. The number of benzene rings is 1. The number of hydrogen-bond donors (Lipinski definition) is 0. The van der Waals surface area contributed by atoms with Crippen LogP contribution in [0, 0.1) is 0 Å². The van der Waals surface area contributed by atoms with E-state index in [9.17, 15) is 9.59 Å². The molecule has 1 aromatic rings. The average molecular weight is 333 g/mol. The van der Waals surface area contributed by atoms with Gasteiger partial charge in [0.05, 0.1) is 27.8 Å². The summed E-state index contributed by atoms with van der Waals surface area (Å²) < 4.78 is 15.1. The first-order valence-electron chi connectivity index (χ1n) is 7.86. The second-order valence-electron chi connectivity index (χ2n) is 5.54. The number of carbonyl (C=O) groups excluding carboxylic acids is 2. The molecule has 1 amide bonds. The summed E-state index contributed by atoms with van der Waals surface area (Å²) in [6.07, 6.45) is 5.44. The van der Waals surface area contributed by atoms with Gasteiger partial charge < -0.3 is 19.1 Å². The molecule has 0 bridgehead atoms. The molecule has 6 nitrogen and oxygen atoms in total. The highest BCUT2D eigenvalue weighted by atomic mass is 16.5. The van der Waals surface area contributed by atoms with Crippen LogP contribution in [0.2, 0.25) is 0 Å². The lowest BCUT2D eigenvalue weighted by Gasteiger charge is -2.20. The number of carbonyl (C=O) groups is 2. The molecular formula is C18H23NO5. The van der Waals surface area contributed by atoms with Crippen molar-refractivity contribution in [3.63, 3.8) is 0 Å². The van der Waals surface area contributed by atoms with Gasteiger partial charge in [-0.2, -0.15) is 0 Å². The molecule has 0 radical (unpaired) electrons. The first-order valence-corrected chi connectivity index (χ1v) is 7.86. The van der Waals surface area contributed by atoms with Crippen LogP contribution in [-0.4, -0.2) is 50.7 Å². The van der Waals surface area contributed by atoms with E-state index >= 15 is 0 Å². The summed E-state index contributed by atoms with van der Waals surface area (Å²) in [5.41, 5.74) is 0.838. The minimum absolute atomic E-state index is 0.101. The van der Waals surface area contributed by atoms with Crippen LogP contribution in [-0.2, 0) is 14.3 Å². The molecule has 24 heavy (non-hydrogen) atoms. The summed E-state index contributed by atoms with van der Waals surface area (Å²) in [6.45, 7) is 0.381. The van der Waals surface area contributed by atoms with Gasteiger partial charge in [-0.05, 0) is 36.6 Å². The molecule has 0 N–H and O–H groups in total. The third-order valence-electron chi connectivity index (χ3n) is 3.88. The van der Waals surface area contributed by atoms with E-state index in [1.165, 1.54) is 13.2 Å². The molecular weight excluding hydrogens is 310 g/mol. The zero-order chi connectivity index (χ0) is 17.5.